The molecule has 0 amide bonds. The van der Waals surface area contributed by atoms with Crippen molar-refractivity contribution in [3.8, 4) is 0 Å². The summed E-state index contributed by atoms with van der Waals surface area (Å²) in [6, 6.07) is 0. The zero-order valence-corrected chi connectivity index (χ0v) is 6.08. The predicted octanol–water partition coefficient (Wildman–Crippen LogP) is 1.78. The van der Waals surface area contributed by atoms with E-state index >= 15 is 0 Å². The number of rotatable bonds is 5. The van der Waals surface area contributed by atoms with Crippen LogP contribution in [0.5, 0.6) is 0 Å². The zero-order chi connectivity index (χ0) is 7.98. The van der Waals surface area contributed by atoms with Gasteiger partial charge in [0.2, 0.25) is 0 Å². The Bertz CT molecular complexity index is 118. The van der Waals surface area contributed by atoms with Crippen LogP contribution < -0.4 is 0 Å². The highest BCUT2D eigenvalue weighted by Gasteiger charge is 1.97. The van der Waals surface area contributed by atoms with Gasteiger partial charge in [-0.3, -0.25) is 0 Å². The van der Waals surface area contributed by atoms with Gasteiger partial charge in [-0.1, -0.05) is 12.7 Å². The van der Waals surface area contributed by atoms with E-state index in [4.69, 9.17) is 10.2 Å². The molecular weight excluding hydrogens is 128 g/mol. The third-order valence-electron chi connectivity index (χ3n) is 1.24. The molecule has 0 aromatic carbocycles. The monoisotopic (exact) mass is 142 g/mol. The summed E-state index contributed by atoms with van der Waals surface area (Å²) in [7, 11) is 0. The smallest absolute Gasteiger partial charge is 0.0851 e. The summed E-state index contributed by atoms with van der Waals surface area (Å²) in [5, 5.41) is 17.6. The van der Waals surface area contributed by atoms with Crippen LogP contribution in [-0.4, -0.2) is 16.3 Å². The van der Waals surface area contributed by atoms with Crippen molar-refractivity contribution in [3.05, 3.63) is 25.0 Å². The maximum absolute atomic E-state index is 8.94. The summed E-state index contributed by atoms with van der Waals surface area (Å²) in [5.41, 5.74) is 0. The highest BCUT2D eigenvalue weighted by molar-refractivity contribution is 4.82. The first-order chi connectivity index (χ1) is 4.66. The second-order valence-electron chi connectivity index (χ2n) is 2.26. The van der Waals surface area contributed by atoms with Gasteiger partial charge < -0.3 is 10.2 Å². The average molecular weight is 142 g/mol. The standard InChI is InChI=1S/C8H14O2/c1-3-8(10)6-4-5-7(2)9/h3,8-10H,1-2,4-6H2. The molecule has 0 aromatic heterocycles. The van der Waals surface area contributed by atoms with Crippen LogP contribution in [0.4, 0.5) is 0 Å². The second-order valence-corrected chi connectivity index (χ2v) is 2.26. The Morgan fingerprint density at radius 2 is 2.20 bits per heavy atom. The molecule has 2 heteroatoms. The van der Waals surface area contributed by atoms with E-state index in [1.54, 1.807) is 0 Å². The van der Waals surface area contributed by atoms with Gasteiger partial charge in [-0.15, -0.1) is 6.58 Å². The van der Waals surface area contributed by atoms with E-state index in [9.17, 15) is 0 Å². The predicted molar refractivity (Wildman–Crippen MR) is 41.8 cm³/mol. The van der Waals surface area contributed by atoms with Crippen LogP contribution in [0, 0.1) is 0 Å². The molecule has 2 N–H and O–H groups in total. The molecule has 0 spiro atoms. The second kappa shape index (κ2) is 5.06. The van der Waals surface area contributed by atoms with E-state index in [0.717, 1.165) is 6.42 Å². The Morgan fingerprint density at radius 1 is 1.60 bits per heavy atom. The minimum atomic E-state index is -0.445. The first-order valence-electron chi connectivity index (χ1n) is 3.34. The summed E-state index contributed by atoms with van der Waals surface area (Å²) in [6.07, 6.45) is 3.00. The topological polar surface area (TPSA) is 40.5 Å². The molecule has 10 heavy (non-hydrogen) atoms. The van der Waals surface area contributed by atoms with Crippen molar-refractivity contribution in [2.45, 2.75) is 25.4 Å². The van der Waals surface area contributed by atoms with Gasteiger partial charge in [-0.05, 0) is 12.8 Å². The van der Waals surface area contributed by atoms with Gasteiger partial charge in [-0.25, -0.2) is 0 Å². The minimum Gasteiger partial charge on any atom is -0.513 e. The highest BCUT2D eigenvalue weighted by Crippen LogP contribution is 2.04. The first-order valence-corrected chi connectivity index (χ1v) is 3.34. The van der Waals surface area contributed by atoms with Crippen LogP contribution in [0.3, 0.4) is 0 Å². The largest absolute Gasteiger partial charge is 0.513 e. The van der Waals surface area contributed by atoms with Gasteiger partial charge in [0, 0.05) is 6.42 Å². The SMILES string of the molecule is C=CC(O)CCCC(=C)O. The fraction of sp³-hybridized carbons (Fsp3) is 0.500. The molecule has 1 atom stereocenters. The molecule has 0 fully saturated rings. The Hall–Kier alpha value is -0.760. The minimum absolute atomic E-state index is 0.177. The van der Waals surface area contributed by atoms with Crippen molar-refractivity contribution in [1.29, 1.82) is 0 Å². The molecule has 0 bridgehead atoms. The number of aliphatic hydroxyl groups is 2. The van der Waals surface area contributed by atoms with Gasteiger partial charge in [0.1, 0.15) is 0 Å². The fourth-order valence-corrected chi connectivity index (χ4v) is 0.633. The van der Waals surface area contributed by atoms with Gasteiger partial charge >= 0.3 is 0 Å². The average Bonchev–Trinajstić information content (AvgIpc) is 1.87. The highest BCUT2D eigenvalue weighted by atomic mass is 16.3. The molecule has 0 saturated heterocycles. The van der Waals surface area contributed by atoms with E-state index in [1.807, 2.05) is 0 Å². The van der Waals surface area contributed by atoms with E-state index in [1.165, 1.54) is 6.08 Å². The lowest BCUT2D eigenvalue weighted by Crippen LogP contribution is -2.00. The Morgan fingerprint density at radius 3 is 2.60 bits per heavy atom. The van der Waals surface area contributed by atoms with E-state index < -0.39 is 6.10 Å². The molecule has 0 rings (SSSR count). The molecule has 0 aliphatic carbocycles. The lowest BCUT2D eigenvalue weighted by molar-refractivity contribution is 0.208. The third kappa shape index (κ3) is 5.38. The Kier molecular flexibility index (Phi) is 4.67. The van der Waals surface area contributed by atoms with E-state index in [2.05, 4.69) is 13.2 Å². The number of hydrogen-bond donors (Lipinski definition) is 2. The maximum Gasteiger partial charge on any atom is 0.0851 e. The zero-order valence-electron chi connectivity index (χ0n) is 6.08. The van der Waals surface area contributed by atoms with Gasteiger partial charge in [0.05, 0.1) is 11.9 Å². The molecule has 0 radical (unpaired) electrons. The molecule has 0 saturated carbocycles. The molecule has 0 aliphatic rings. The molecular formula is C8H14O2. The molecule has 2 nitrogen and oxygen atoms in total. The summed E-state index contributed by atoms with van der Waals surface area (Å²) in [4.78, 5) is 0. The van der Waals surface area contributed by atoms with Crippen molar-refractivity contribution in [1.82, 2.24) is 0 Å². The van der Waals surface area contributed by atoms with Crippen LogP contribution >= 0.6 is 0 Å². The fourth-order valence-electron chi connectivity index (χ4n) is 0.633. The molecule has 0 aromatic rings. The number of allylic oxidation sites excluding steroid dienone is 1. The van der Waals surface area contributed by atoms with Crippen molar-refractivity contribution >= 4 is 0 Å². The maximum atomic E-state index is 8.94. The van der Waals surface area contributed by atoms with Crippen LogP contribution in [0.1, 0.15) is 19.3 Å². The molecule has 1 unspecified atom stereocenters. The van der Waals surface area contributed by atoms with Gasteiger partial charge in [0.25, 0.3) is 0 Å². The Labute approximate surface area is 61.5 Å². The molecule has 0 heterocycles. The lowest BCUT2D eigenvalue weighted by Gasteiger charge is -2.02. The lowest BCUT2D eigenvalue weighted by atomic mass is 10.1. The summed E-state index contributed by atoms with van der Waals surface area (Å²) in [5.74, 6) is 0.177. The van der Waals surface area contributed by atoms with Crippen LogP contribution in [0.15, 0.2) is 25.0 Å². The Balaban J connectivity index is 3.19. The van der Waals surface area contributed by atoms with E-state index in [-0.39, 0.29) is 5.76 Å². The normalized spacial score (nSPS) is 12.5. The number of hydrogen-bond acceptors (Lipinski definition) is 2. The quantitative estimate of drug-likeness (QED) is 0.453. The summed E-state index contributed by atoms with van der Waals surface area (Å²) in [6.45, 7) is 6.75. The third-order valence-corrected chi connectivity index (χ3v) is 1.24. The van der Waals surface area contributed by atoms with Crippen LogP contribution in [0.25, 0.3) is 0 Å². The summed E-state index contributed by atoms with van der Waals surface area (Å²) >= 11 is 0. The van der Waals surface area contributed by atoms with Gasteiger partial charge in [0.15, 0.2) is 0 Å². The molecule has 0 aliphatic heterocycles. The van der Waals surface area contributed by atoms with Crippen molar-refractivity contribution < 1.29 is 10.2 Å². The summed E-state index contributed by atoms with van der Waals surface area (Å²) < 4.78 is 0. The first kappa shape index (κ1) is 9.24. The number of aliphatic hydroxyl groups excluding tert-OH is 2. The van der Waals surface area contributed by atoms with Gasteiger partial charge in [-0.2, -0.15) is 0 Å². The molecule has 58 valence electrons. The van der Waals surface area contributed by atoms with Crippen LogP contribution in [-0.2, 0) is 0 Å². The van der Waals surface area contributed by atoms with Crippen molar-refractivity contribution in [2.24, 2.45) is 0 Å². The van der Waals surface area contributed by atoms with Crippen molar-refractivity contribution in [3.63, 3.8) is 0 Å². The van der Waals surface area contributed by atoms with E-state index in [0.29, 0.717) is 12.8 Å². The van der Waals surface area contributed by atoms with Crippen LogP contribution in [0.2, 0.25) is 0 Å². The van der Waals surface area contributed by atoms with Crippen molar-refractivity contribution in [2.75, 3.05) is 0 Å².